The Balaban J connectivity index is 1.74. The summed E-state index contributed by atoms with van der Waals surface area (Å²) in [6.45, 7) is 2.10. The van der Waals surface area contributed by atoms with Gasteiger partial charge in [-0.3, -0.25) is 0 Å². The lowest BCUT2D eigenvalue weighted by Crippen LogP contribution is -2.07. The third-order valence-electron chi connectivity index (χ3n) is 4.05. The molecule has 2 heteroatoms. The number of nitrogens with two attached hydrogens (primary N) is 1. The standard InChI is InChI=1S/C18H21NO/c1-2-18(19)14-7-9-16(10-8-14)20-17-11-6-13-4-3-5-15(13)12-17/h6-12,18H,2-5,19H2,1H3/t18-/m0/s1. The van der Waals surface area contributed by atoms with Crippen molar-refractivity contribution >= 4 is 0 Å². The van der Waals surface area contributed by atoms with Crippen molar-refractivity contribution in [1.82, 2.24) is 0 Å². The highest BCUT2D eigenvalue weighted by molar-refractivity contribution is 5.41. The highest BCUT2D eigenvalue weighted by Gasteiger charge is 2.11. The van der Waals surface area contributed by atoms with E-state index in [1.807, 2.05) is 12.1 Å². The van der Waals surface area contributed by atoms with Crippen LogP contribution in [0.25, 0.3) is 0 Å². The Morgan fingerprint density at radius 1 is 1.00 bits per heavy atom. The molecule has 0 radical (unpaired) electrons. The predicted molar refractivity (Wildman–Crippen MR) is 82.2 cm³/mol. The van der Waals surface area contributed by atoms with E-state index >= 15 is 0 Å². The lowest BCUT2D eigenvalue weighted by molar-refractivity contribution is 0.481. The van der Waals surface area contributed by atoms with Crippen molar-refractivity contribution in [2.75, 3.05) is 0 Å². The van der Waals surface area contributed by atoms with Crippen molar-refractivity contribution in [1.29, 1.82) is 0 Å². The third-order valence-corrected chi connectivity index (χ3v) is 4.05. The molecule has 2 aromatic rings. The van der Waals surface area contributed by atoms with Crippen LogP contribution in [0.3, 0.4) is 0 Å². The topological polar surface area (TPSA) is 35.2 Å². The second-order valence-corrected chi connectivity index (χ2v) is 5.47. The summed E-state index contributed by atoms with van der Waals surface area (Å²) in [6.07, 6.45) is 4.60. The van der Waals surface area contributed by atoms with Crippen LogP contribution >= 0.6 is 0 Å². The van der Waals surface area contributed by atoms with E-state index in [2.05, 4.69) is 37.3 Å². The number of hydrogen-bond donors (Lipinski definition) is 1. The normalized spacial score (nSPS) is 14.9. The minimum Gasteiger partial charge on any atom is -0.457 e. The summed E-state index contributed by atoms with van der Waals surface area (Å²) in [4.78, 5) is 0. The number of fused-ring (bicyclic) bond motifs is 1. The minimum absolute atomic E-state index is 0.115. The maximum Gasteiger partial charge on any atom is 0.127 e. The number of rotatable bonds is 4. The van der Waals surface area contributed by atoms with E-state index in [-0.39, 0.29) is 6.04 Å². The van der Waals surface area contributed by atoms with E-state index in [1.54, 1.807) is 0 Å². The van der Waals surface area contributed by atoms with Gasteiger partial charge in [-0.2, -0.15) is 0 Å². The molecule has 0 aliphatic heterocycles. The first-order valence-corrected chi connectivity index (χ1v) is 7.41. The number of ether oxygens (including phenoxy) is 1. The van der Waals surface area contributed by atoms with Crippen molar-refractivity contribution in [2.24, 2.45) is 5.73 Å². The van der Waals surface area contributed by atoms with Gasteiger partial charge in [0.1, 0.15) is 11.5 Å². The van der Waals surface area contributed by atoms with Crippen LogP contribution in [0.2, 0.25) is 0 Å². The molecule has 2 aromatic carbocycles. The smallest absolute Gasteiger partial charge is 0.127 e. The predicted octanol–water partition coefficient (Wildman–Crippen LogP) is 4.38. The maximum atomic E-state index is 6.02. The van der Waals surface area contributed by atoms with E-state index in [0.717, 1.165) is 23.5 Å². The molecule has 20 heavy (non-hydrogen) atoms. The molecule has 0 amide bonds. The maximum absolute atomic E-state index is 6.02. The molecular formula is C18H21NO. The molecule has 1 aliphatic rings. The van der Waals surface area contributed by atoms with Crippen molar-refractivity contribution in [3.8, 4) is 11.5 Å². The monoisotopic (exact) mass is 267 g/mol. The third kappa shape index (κ3) is 2.70. The van der Waals surface area contributed by atoms with Gasteiger partial charge in [0.25, 0.3) is 0 Å². The minimum atomic E-state index is 0.115. The first-order valence-electron chi connectivity index (χ1n) is 7.41. The quantitative estimate of drug-likeness (QED) is 0.892. The SMILES string of the molecule is CC[C@H](N)c1ccc(Oc2ccc3c(c2)CCC3)cc1. The summed E-state index contributed by atoms with van der Waals surface area (Å²) in [5.74, 6) is 1.80. The zero-order valence-corrected chi connectivity index (χ0v) is 11.9. The molecule has 0 bridgehead atoms. The second-order valence-electron chi connectivity index (χ2n) is 5.47. The zero-order valence-electron chi connectivity index (χ0n) is 11.9. The second kappa shape index (κ2) is 5.68. The van der Waals surface area contributed by atoms with Gasteiger partial charge in [0.05, 0.1) is 0 Å². The summed E-state index contributed by atoms with van der Waals surface area (Å²) < 4.78 is 5.93. The number of aryl methyl sites for hydroxylation is 2. The van der Waals surface area contributed by atoms with Crippen LogP contribution in [0, 0.1) is 0 Å². The lowest BCUT2D eigenvalue weighted by atomic mass is 10.1. The lowest BCUT2D eigenvalue weighted by Gasteiger charge is -2.11. The van der Waals surface area contributed by atoms with Gasteiger partial charge in [-0.25, -0.2) is 0 Å². The van der Waals surface area contributed by atoms with E-state index in [1.165, 1.54) is 30.4 Å². The molecule has 104 valence electrons. The molecule has 0 saturated carbocycles. The molecule has 0 saturated heterocycles. The Hall–Kier alpha value is -1.80. The molecule has 0 spiro atoms. The van der Waals surface area contributed by atoms with Gasteiger partial charge >= 0.3 is 0 Å². The molecule has 0 fully saturated rings. The fourth-order valence-corrected chi connectivity index (χ4v) is 2.77. The Labute approximate surface area is 120 Å². The molecule has 1 atom stereocenters. The average molecular weight is 267 g/mol. The van der Waals surface area contributed by atoms with Gasteiger partial charge in [0.15, 0.2) is 0 Å². The summed E-state index contributed by atoms with van der Waals surface area (Å²) >= 11 is 0. The van der Waals surface area contributed by atoms with Crippen molar-refractivity contribution in [3.63, 3.8) is 0 Å². The molecule has 0 unspecified atom stereocenters. The van der Waals surface area contributed by atoms with Crippen molar-refractivity contribution in [3.05, 3.63) is 59.2 Å². The van der Waals surface area contributed by atoms with E-state index in [9.17, 15) is 0 Å². The van der Waals surface area contributed by atoms with Crippen LogP contribution in [-0.4, -0.2) is 0 Å². The van der Waals surface area contributed by atoms with E-state index in [0.29, 0.717) is 0 Å². The largest absolute Gasteiger partial charge is 0.457 e. The van der Waals surface area contributed by atoms with Gasteiger partial charge in [-0.05, 0) is 66.6 Å². The average Bonchev–Trinajstić information content (AvgIpc) is 2.95. The van der Waals surface area contributed by atoms with Crippen LogP contribution in [0.1, 0.15) is 42.5 Å². The number of benzene rings is 2. The van der Waals surface area contributed by atoms with Gasteiger partial charge in [-0.1, -0.05) is 25.1 Å². The number of hydrogen-bond acceptors (Lipinski definition) is 2. The fraction of sp³-hybridized carbons (Fsp3) is 0.333. The molecular weight excluding hydrogens is 246 g/mol. The summed E-state index contributed by atoms with van der Waals surface area (Å²) in [5, 5.41) is 0. The molecule has 0 aromatic heterocycles. The van der Waals surface area contributed by atoms with Crippen molar-refractivity contribution < 1.29 is 4.74 Å². The van der Waals surface area contributed by atoms with E-state index < -0.39 is 0 Å². The highest BCUT2D eigenvalue weighted by Crippen LogP contribution is 2.29. The fourth-order valence-electron chi connectivity index (χ4n) is 2.77. The molecule has 1 aliphatic carbocycles. The van der Waals surface area contributed by atoms with Gasteiger partial charge < -0.3 is 10.5 Å². The Bertz CT molecular complexity index is 589. The van der Waals surface area contributed by atoms with Crippen LogP contribution in [-0.2, 0) is 12.8 Å². The van der Waals surface area contributed by atoms with Crippen molar-refractivity contribution in [2.45, 2.75) is 38.6 Å². The first-order chi connectivity index (χ1) is 9.76. The van der Waals surface area contributed by atoms with Gasteiger partial charge in [0, 0.05) is 6.04 Å². The summed E-state index contributed by atoms with van der Waals surface area (Å²) in [6, 6.07) is 14.6. The van der Waals surface area contributed by atoms with Crippen LogP contribution in [0.4, 0.5) is 0 Å². The zero-order chi connectivity index (χ0) is 13.9. The Morgan fingerprint density at radius 3 is 2.45 bits per heavy atom. The Morgan fingerprint density at radius 2 is 1.70 bits per heavy atom. The molecule has 0 heterocycles. The van der Waals surface area contributed by atoms with Gasteiger partial charge in [0.2, 0.25) is 0 Å². The van der Waals surface area contributed by atoms with Gasteiger partial charge in [-0.15, -0.1) is 0 Å². The highest BCUT2D eigenvalue weighted by atomic mass is 16.5. The van der Waals surface area contributed by atoms with Crippen LogP contribution in [0.5, 0.6) is 11.5 Å². The summed E-state index contributed by atoms with van der Waals surface area (Å²) in [7, 11) is 0. The Kier molecular flexibility index (Phi) is 3.75. The molecule has 2 nitrogen and oxygen atoms in total. The van der Waals surface area contributed by atoms with E-state index in [4.69, 9.17) is 10.5 Å². The molecule has 2 N–H and O–H groups in total. The molecule has 3 rings (SSSR count). The van der Waals surface area contributed by atoms with Crippen LogP contribution in [0.15, 0.2) is 42.5 Å². The summed E-state index contributed by atoms with van der Waals surface area (Å²) in [5.41, 5.74) is 10.1. The van der Waals surface area contributed by atoms with Crippen LogP contribution < -0.4 is 10.5 Å². The first kappa shape index (κ1) is 13.2.